The fourth-order valence-electron chi connectivity index (χ4n) is 2.72. The fourth-order valence-corrected chi connectivity index (χ4v) is 3.72. The normalized spacial score (nSPS) is 19.3. The first-order valence-corrected chi connectivity index (χ1v) is 8.31. The molecule has 0 saturated carbocycles. The van der Waals surface area contributed by atoms with Gasteiger partial charge in [0.25, 0.3) is 0 Å². The zero-order valence-corrected chi connectivity index (χ0v) is 13.7. The minimum atomic E-state index is -0.0331. The molecule has 0 radical (unpaired) electrons. The Morgan fingerprint density at radius 3 is 2.86 bits per heavy atom. The molecule has 0 N–H and O–H groups in total. The Kier molecular flexibility index (Phi) is 4.66. The van der Waals surface area contributed by atoms with Crippen LogP contribution >= 0.6 is 11.3 Å². The number of nitrogens with zero attached hydrogens (tertiary/aromatic N) is 2. The number of aromatic nitrogens is 1. The van der Waals surface area contributed by atoms with E-state index in [1.807, 2.05) is 13.0 Å². The van der Waals surface area contributed by atoms with Crippen LogP contribution in [0.1, 0.15) is 39.0 Å². The summed E-state index contributed by atoms with van der Waals surface area (Å²) in [7, 11) is 0. The molecule has 2 aromatic rings. The summed E-state index contributed by atoms with van der Waals surface area (Å²) in [6.07, 6.45) is -0.0331. The predicted octanol–water partition coefficient (Wildman–Crippen LogP) is 3.23. The molecule has 116 valence electrons. The van der Waals surface area contributed by atoms with E-state index in [0.29, 0.717) is 6.61 Å². The Balaban J connectivity index is 1.70. The van der Waals surface area contributed by atoms with Crippen LogP contribution in [0.25, 0.3) is 0 Å². The van der Waals surface area contributed by atoms with Gasteiger partial charge in [0.2, 0.25) is 0 Å². The third kappa shape index (κ3) is 3.43. The van der Waals surface area contributed by atoms with Crippen molar-refractivity contribution in [1.29, 1.82) is 0 Å². The molecule has 1 aromatic heterocycles. The average Bonchev–Trinajstić information content (AvgIpc) is 2.91. The Hall–Kier alpha value is -1.56. The molecule has 2 heterocycles. The van der Waals surface area contributed by atoms with E-state index in [2.05, 4.69) is 34.1 Å². The zero-order chi connectivity index (χ0) is 15.5. The number of Topliss-reactive ketones (excluding diaryl/α,β-unsaturated/α-hetero) is 1. The topological polar surface area (TPSA) is 42.4 Å². The molecule has 0 aliphatic carbocycles. The molecule has 1 fully saturated rings. The smallest absolute Gasteiger partial charge is 0.171 e. The van der Waals surface area contributed by atoms with Crippen molar-refractivity contribution in [2.45, 2.75) is 26.5 Å². The van der Waals surface area contributed by atoms with Crippen molar-refractivity contribution in [3.05, 3.63) is 51.5 Å². The molecule has 1 aliphatic rings. The lowest BCUT2D eigenvalue weighted by Crippen LogP contribution is -2.37. The molecule has 5 heteroatoms. The van der Waals surface area contributed by atoms with Gasteiger partial charge in [-0.3, -0.25) is 9.69 Å². The highest BCUT2D eigenvalue weighted by molar-refractivity contribution is 7.13. The molecule has 1 aliphatic heterocycles. The fraction of sp³-hybridized carbons (Fsp3) is 0.412. The van der Waals surface area contributed by atoms with Crippen LogP contribution in [-0.2, 0) is 11.3 Å². The Labute approximate surface area is 134 Å². The summed E-state index contributed by atoms with van der Waals surface area (Å²) >= 11 is 1.47. The predicted molar refractivity (Wildman–Crippen MR) is 87.3 cm³/mol. The number of aryl methyl sites for hydroxylation is 1. The van der Waals surface area contributed by atoms with Crippen LogP contribution in [0.2, 0.25) is 0 Å². The second-order valence-electron chi connectivity index (χ2n) is 5.60. The van der Waals surface area contributed by atoms with Gasteiger partial charge in [-0.25, -0.2) is 4.98 Å². The largest absolute Gasteiger partial charge is 0.368 e. The van der Waals surface area contributed by atoms with E-state index in [9.17, 15) is 4.79 Å². The van der Waals surface area contributed by atoms with Crippen LogP contribution in [0.15, 0.2) is 30.3 Å². The molecule has 1 saturated heterocycles. The first-order valence-electron chi connectivity index (χ1n) is 7.49. The number of benzene rings is 1. The highest BCUT2D eigenvalue weighted by atomic mass is 32.1. The summed E-state index contributed by atoms with van der Waals surface area (Å²) in [4.78, 5) is 19.3. The van der Waals surface area contributed by atoms with Crippen molar-refractivity contribution >= 4 is 17.1 Å². The number of ether oxygens (including phenoxy) is 1. The van der Waals surface area contributed by atoms with Gasteiger partial charge in [0, 0.05) is 26.6 Å². The number of ketones is 1. The van der Waals surface area contributed by atoms with Gasteiger partial charge in [-0.2, -0.15) is 0 Å². The number of hydrogen-bond acceptors (Lipinski definition) is 5. The lowest BCUT2D eigenvalue weighted by Gasteiger charge is -2.31. The van der Waals surface area contributed by atoms with Gasteiger partial charge in [0.05, 0.1) is 17.2 Å². The van der Waals surface area contributed by atoms with E-state index in [-0.39, 0.29) is 11.9 Å². The second-order valence-corrected chi connectivity index (χ2v) is 6.63. The highest BCUT2D eigenvalue weighted by Gasteiger charge is 2.26. The molecule has 1 atom stereocenters. The molecule has 3 rings (SSSR count). The molecule has 0 spiro atoms. The van der Waals surface area contributed by atoms with Crippen LogP contribution in [0.5, 0.6) is 0 Å². The van der Waals surface area contributed by atoms with Crippen molar-refractivity contribution in [1.82, 2.24) is 9.88 Å². The SMILES string of the molecule is CC(=O)c1sc([C@@H]2CN(Cc3ccccc3)CCO2)nc1C. The van der Waals surface area contributed by atoms with Crippen LogP contribution in [-0.4, -0.2) is 35.4 Å². The Morgan fingerprint density at radius 1 is 1.41 bits per heavy atom. The number of carbonyl (C=O) groups is 1. The van der Waals surface area contributed by atoms with Gasteiger partial charge in [-0.05, 0) is 12.5 Å². The summed E-state index contributed by atoms with van der Waals surface area (Å²) in [6, 6.07) is 10.5. The molecule has 1 aromatic carbocycles. The van der Waals surface area contributed by atoms with Crippen molar-refractivity contribution in [2.24, 2.45) is 0 Å². The quantitative estimate of drug-likeness (QED) is 0.812. The number of carbonyl (C=O) groups excluding carboxylic acids is 1. The summed E-state index contributed by atoms with van der Waals surface area (Å²) in [5, 5.41) is 0.917. The van der Waals surface area contributed by atoms with Gasteiger partial charge < -0.3 is 4.74 Å². The van der Waals surface area contributed by atoms with Crippen LogP contribution < -0.4 is 0 Å². The number of hydrogen-bond donors (Lipinski definition) is 0. The van der Waals surface area contributed by atoms with Gasteiger partial charge in [-0.15, -0.1) is 11.3 Å². The van der Waals surface area contributed by atoms with E-state index >= 15 is 0 Å². The van der Waals surface area contributed by atoms with Gasteiger partial charge in [0.1, 0.15) is 11.1 Å². The van der Waals surface area contributed by atoms with E-state index in [1.165, 1.54) is 16.9 Å². The molecule has 22 heavy (non-hydrogen) atoms. The van der Waals surface area contributed by atoms with Gasteiger partial charge >= 0.3 is 0 Å². The average molecular weight is 316 g/mol. The van der Waals surface area contributed by atoms with E-state index in [1.54, 1.807) is 6.92 Å². The second kappa shape index (κ2) is 6.69. The summed E-state index contributed by atoms with van der Waals surface area (Å²) in [5.41, 5.74) is 2.12. The number of thiazole rings is 1. The Bertz CT molecular complexity index is 654. The van der Waals surface area contributed by atoms with Crippen molar-refractivity contribution < 1.29 is 9.53 Å². The van der Waals surface area contributed by atoms with Crippen LogP contribution in [0.3, 0.4) is 0 Å². The van der Waals surface area contributed by atoms with Gasteiger partial charge in [0.15, 0.2) is 5.78 Å². The zero-order valence-electron chi connectivity index (χ0n) is 12.9. The minimum absolute atomic E-state index is 0.0331. The summed E-state index contributed by atoms with van der Waals surface area (Å²) in [6.45, 7) is 6.85. The van der Waals surface area contributed by atoms with E-state index < -0.39 is 0 Å². The summed E-state index contributed by atoms with van der Waals surface area (Å²) < 4.78 is 5.87. The van der Waals surface area contributed by atoms with E-state index in [4.69, 9.17) is 4.74 Å². The molecule has 0 bridgehead atoms. The first-order chi connectivity index (χ1) is 10.6. The summed E-state index contributed by atoms with van der Waals surface area (Å²) in [5.74, 6) is 0.0817. The van der Waals surface area contributed by atoms with Gasteiger partial charge in [-0.1, -0.05) is 30.3 Å². The van der Waals surface area contributed by atoms with E-state index in [0.717, 1.165) is 35.2 Å². The van der Waals surface area contributed by atoms with Crippen LogP contribution in [0, 0.1) is 6.92 Å². The maximum absolute atomic E-state index is 11.6. The number of morpholine rings is 1. The standard InChI is InChI=1S/C17H20N2O2S/c1-12-16(13(2)20)22-17(18-12)15-11-19(8-9-21-15)10-14-6-4-3-5-7-14/h3-7,15H,8-11H2,1-2H3/t15-/m0/s1. The molecular weight excluding hydrogens is 296 g/mol. The Morgan fingerprint density at radius 2 is 2.18 bits per heavy atom. The van der Waals surface area contributed by atoms with Crippen molar-refractivity contribution in [3.8, 4) is 0 Å². The first kappa shape index (κ1) is 15.3. The third-order valence-corrected chi connectivity index (χ3v) is 5.16. The third-order valence-electron chi connectivity index (χ3n) is 3.81. The lowest BCUT2D eigenvalue weighted by molar-refractivity contribution is -0.0330. The maximum atomic E-state index is 11.6. The van der Waals surface area contributed by atoms with Crippen molar-refractivity contribution in [3.63, 3.8) is 0 Å². The lowest BCUT2D eigenvalue weighted by atomic mass is 10.2. The molecule has 4 nitrogen and oxygen atoms in total. The molecule has 0 amide bonds. The molecular formula is C17H20N2O2S. The minimum Gasteiger partial charge on any atom is -0.368 e. The highest BCUT2D eigenvalue weighted by Crippen LogP contribution is 2.29. The monoisotopic (exact) mass is 316 g/mol. The molecule has 0 unspecified atom stereocenters. The van der Waals surface area contributed by atoms with Crippen LogP contribution in [0.4, 0.5) is 0 Å². The van der Waals surface area contributed by atoms with Crippen molar-refractivity contribution in [2.75, 3.05) is 19.7 Å². The number of rotatable bonds is 4. The maximum Gasteiger partial charge on any atom is 0.171 e.